The molecule has 0 aromatic carbocycles. The normalized spacial score (nSPS) is 22.6. The first-order chi connectivity index (χ1) is 13.6. The third kappa shape index (κ3) is 3.98. The molecule has 0 bridgehead atoms. The van der Waals surface area contributed by atoms with Gasteiger partial charge in [-0.15, -0.1) is 5.10 Å². The lowest BCUT2D eigenvalue weighted by atomic mass is 9.96. The molecule has 10 nitrogen and oxygen atoms in total. The van der Waals surface area contributed by atoms with Crippen molar-refractivity contribution in [2.45, 2.75) is 36.3 Å². The summed E-state index contributed by atoms with van der Waals surface area (Å²) in [5.41, 5.74) is 0.347. The lowest BCUT2D eigenvalue weighted by Gasteiger charge is -2.55. The van der Waals surface area contributed by atoms with Crippen LogP contribution < -0.4 is 10.6 Å². The number of rotatable bonds is 6. The van der Waals surface area contributed by atoms with E-state index in [1.807, 2.05) is 0 Å². The highest BCUT2D eigenvalue weighted by atomic mass is 32.2. The van der Waals surface area contributed by atoms with E-state index in [-0.39, 0.29) is 28.6 Å². The van der Waals surface area contributed by atoms with Gasteiger partial charge in [-0.1, -0.05) is 54.9 Å². The van der Waals surface area contributed by atoms with E-state index in [0.29, 0.717) is 20.7 Å². The molecule has 1 unspecified atom stereocenters. The number of thiocarbonyl (C=S) groups is 2. The van der Waals surface area contributed by atoms with Gasteiger partial charge in [0.05, 0.1) is 21.3 Å². The Morgan fingerprint density at radius 1 is 1.34 bits per heavy atom. The van der Waals surface area contributed by atoms with Gasteiger partial charge in [0.2, 0.25) is 11.1 Å². The van der Waals surface area contributed by atoms with Gasteiger partial charge in [-0.3, -0.25) is 9.69 Å². The van der Waals surface area contributed by atoms with Gasteiger partial charge in [0.15, 0.2) is 4.99 Å². The zero-order valence-electron chi connectivity index (χ0n) is 16.0. The largest absolute Gasteiger partial charge is 0.477 e. The van der Waals surface area contributed by atoms with E-state index in [4.69, 9.17) is 24.4 Å². The molecule has 3 rings (SSSR count). The third-order valence-corrected chi connectivity index (χ3v) is 7.30. The number of aliphatic carboxylic acids is 1. The van der Waals surface area contributed by atoms with Gasteiger partial charge in [0.1, 0.15) is 5.70 Å². The Kier molecular flexibility index (Phi) is 6.17. The van der Waals surface area contributed by atoms with Crippen molar-refractivity contribution >= 4 is 69.8 Å². The molecule has 1 aromatic heterocycles. The number of tetrazole rings is 1. The van der Waals surface area contributed by atoms with E-state index >= 15 is 0 Å². The van der Waals surface area contributed by atoms with Crippen LogP contribution in [0.15, 0.2) is 16.4 Å². The van der Waals surface area contributed by atoms with Crippen molar-refractivity contribution in [3.63, 3.8) is 0 Å². The number of aromatic nitrogens is 4. The first-order valence-electron chi connectivity index (χ1n) is 8.48. The summed E-state index contributed by atoms with van der Waals surface area (Å²) in [6, 6.07) is 0. The van der Waals surface area contributed by atoms with Crippen LogP contribution >= 0.6 is 48.0 Å². The molecule has 0 spiro atoms. The molecule has 14 heteroatoms. The van der Waals surface area contributed by atoms with Crippen molar-refractivity contribution in [3.05, 3.63) is 11.3 Å². The number of carboxylic acid groups (broad SMARTS) is 1. The molecule has 2 atom stereocenters. The average molecular weight is 474 g/mol. The highest BCUT2D eigenvalue weighted by Crippen LogP contribution is 2.51. The molecule has 0 aliphatic carbocycles. The summed E-state index contributed by atoms with van der Waals surface area (Å²) < 4.78 is 1.48. The molecule has 3 heterocycles. The Balaban J connectivity index is 2.14. The number of carbonyl (C=O) groups is 2. The predicted octanol–water partition coefficient (Wildman–Crippen LogP) is 0.720. The Bertz CT molecular complexity index is 915. The summed E-state index contributed by atoms with van der Waals surface area (Å²) in [6.45, 7) is 5.19. The maximum absolute atomic E-state index is 12.5. The minimum Gasteiger partial charge on any atom is -0.477 e. The zero-order chi connectivity index (χ0) is 21.5. The van der Waals surface area contributed by atoms with Crippen molar-refractivity contribution in [3.8, 4) is 0 Å². The van der Waals surface area contributed by atoms with E-state index < -0.39 is 11.0 Å². The summed E-state index contributed by atoms with van der Waals surface area (Å²) in [5.74, 6) is -1.56. The Morgan fingerprint density at radius 2 is 1.97 bits per heavy atom. The fourth-order valence-corrected chi connectivity index (χ4v) is 6.39. The molecule has 1 saturated heterocycles. The molecule has 1 amide bonds. The maximum Gasteiger partial charge on any atom is 0.352 e. The molecule has 2 aliphatic heterocycles. The number of nitrogens with one attached hydrogen (secondary N) is 2. The number of hydrogen-bond donors (Lipinski definition) is 3. The molecular weight excluding hydrogens is 454 g/mol. The minimum atomic E-state index is -1.20. The van der Waals surface area contributed by atoms with Crippen molar-refractivity contribution in [1.82, 2.24) is 35.7 Å². The topological polar surface area (TPSA) is 125 Å². The SMILES string of the molecule is CC(=S)NC1(NC(C)=S)S[C@@H]2C(C)C(=O)N2C(C(=O)O)=C1CSc1nnnn1C. The molecular formula is C15H19N7O3S4. The second-order valence-corrected chi connectivity index (χ2v) is 10.1. The summed E-state index contributed by atoms with van der Waals surface area (Å²) in [6.07, 6.45) is 0. The van der Waals surface area contributed by atoms with Crippen LogP contribution in [0.2, 0.25) is 0 Å². The summed E-state index contributed by atoms with van der Waals surface area (Å²) >= 11 is 13.2. The molecule has 29 heavy (non-hydrogen) atoms. The second kappa shape index (κ2) is 8.16. The number of aryl methyl sites for hydroxylation is 1. The molecule has 156 valence electrons. The molecule has 0 radical (unpaired) electrons. The number of β-lactam (4-membered cyclic amide) rings is 1. The van der Waals surface area contributed by atoms with Crippen molar-refractivity contribution in [2.24, 2.45) is 13.0 Å². The van der Waals surface area contributed by atoms with Gasteiger partial charge in [-0.25, -0.2) is 9.48 Å². The van der Waals surface area contributed by atoms with E-state index in [2.05, 4.69) is 26.2 Å². The zero-order valence-corrected chi connectivity index (χ0v) is 19.3. The van der Waals surface area contributed by atoms with Crippen LogP contribution in [-0.2, 0) is 16.6 Å². The van der Waals surface area contributed by atoms with Gasteiger partial charge in [-0.05, 0) is 24.3 Å². The highest BCUT2D eigenvalue weighted by Gasteiger charge is 2.58. The van der Waals surface area contributed by atoms with Crippen molar-refractivity contribution in [2.75, 3.05) is 5.75 Å². The smallest absolute Gasteiger partial charge is 0.352 e. The Morgan fingerprint density at radius 3 is 2.45 bits per heavy atom. The van der Waals surface area contributed by atoms with Crippen LogP contribution in [0.25, 0.3) is 0 Å². The van der Waals surface area contributed by atoms with Crippen molar-refractivity contribution in [1.29, 1.82) is 0 Å². The fraction of sp³-hybridized carbons (Fsp3) is 0.533. The highest BCUT2D eigenvalue weighted by molar-refractivity contribution is 8.02. The van der Waals surface area contributed by atoms with Crippen LogP contribution in [0, 0.1) is 5.92 Å². The maximum atomic E-state index is 12.5. The van der Waals surface area contributed by atoms with Crippen molar-refractivity contribution < 1.29 is 14.7 Å². The van der Waals surface area contributed by atoms with Gasteiger partial charge in [0.25, 0.3) is 0 Å². The number of fused-ring (bicyclic) bond motifs is 1. The van der Waals surface area contributed by atoms with E-state index in [1.54, 1.807) is 27.8 Å². The quantitative estimate of drug-likeness (QED) is 0.233. The van der Waals surface area contributed by atoms with E-state index in [1.165, 1.54) is 33.1 Å². The first-order valence-corrected chi connectivity index (χ1v) is 11.2. The number of hydrogen-bond acceptors (Lipinski definition) is 9. The lowest BCUT2D eigenvalue weighted by Crippen LogP contribution is -2.70. The van der Waals surface area contributed by atoms with Crippen LogP contribution in [0.5, 0.6) is 0 Å². The second-order valence-electron chi connectivity index (χ2n) is 6.55. The molecule has 1 aromatic rings. The number of nitrogens with zero attached hydrogens (tertiary/aromatic N) is 5. The minimum absolute atomic E-state index is 0.0769. The number of carbonyl (C=O) groups excluding carboxylic acids is 1. The summed E-state index contributed by atoms with van der Waals surface area (Å²) in [7, 11) is 1.69. The monoisotopic (exact) mass is 473 g/mol. The average Bonchev–Trinajstić information content (AvgIpc) is 3.02. The van der Waals surface area contributed by atoms with E-state index in [9.17, 15) is 14.7 Å². The van der Waals surface area contributed by atoms with Gasteiger partial charge < -0.3 is 15.7 Å². The van der Waals surface area contributed by atoms with E-state index in [0.717, 1.165) is 0 Å². The van der Waals surface area contributed by atoms with Gasteiger partial charge in [-0.2, -0.15) is 0 Å². The number of amides is 1. The van der Waals surface area contributed by atoms with Crippen LogP contribution in [0.4, 0.5) is 0 Å². The van der Waals surface area contributed by atoms with Crippen LogP contribution in [-0.4, -0.2) is 68.2 Å². The third-order valence-electron chi connectivity index (χ3n) is 4.39. The summed E-state index contributed by atoms with van der Waals surface area (Å²) in [5, 5.41) is 27.9. The fourth-order valence-electron chi connectivity index (χ4n) is 3.18. The molecule has 1 fully saturated rings. The van der Waals surface area contributed by atoms with Crippen LogP contribution in [0.3, 0.4) is 0 Å². The lowest BCUT2D eigenvalue weighted by molar-refractivity contribution is -0.151. The Hall–Kier alpha value is -1.77. The number of thioether (sulfide) groups is 2. The van der Waals surface area contributed by atoms with Gasteiger partial charge in [0, 0.05) is 18.4 Å². The first kappa shape index (κ1) is 21.9. The predicted molar refractivity (Wildman–Crippen MR) is 117 cm³/mol. The molecule has 0 saturated carbocycles. The molecule has 2 aliphatic rings. The van der Waals surface area contributed by atoms with Gasteiger partial charge >= 0.3 is 5.97 Å². The number of carboxylic acids is 1. The standard InChI is InChI=1S/C15H19N7O3S4/c1-6-11(23)22-10(13(24)25)9(5-28-14-18-19-20-21(14)4)15(16-7(2)26,17-8(3)27)29-12(6)22/h6,12H,5H2,1-4H3,(H,16,26)(H,17,27)(H,24,25)/t6?,12-/m1/s1. The summed E-state index contributed by atoms with van der Waals surface area (Å²) in [4.78, 5) is 25.9. The molecule has 3 N–H and O–H groups in total. The Labute approximate surface area is 186 Å². The van der Waals surface area contributed by atoms with Crippen LogP contribution in [0.1, 0.15) is 20.8 Å².